The lowest BCUT2D eigenvalue weighted by Gasteiger charge is -2.38. The average Bonchev–Trinajstić information content (AvgIpc) is 3.30. The van der Waals surface area contributed by atoms with Gasteiger partial charge in [-0.1, -0.05) is 6.07 Å². The summed E-state index contributed by atoms with van der Waals surface area (Å²) >= 11 is 0. The van der Waals surface area contributed by atoms with E-state index in [9.17, 15) is 4.79 Å². The standard InChI is InChI=1S/C19H27N5O/c1-16(19(25)23-7-4-5-8-23)22-12-10-21(11-13-22)14-17-15-24-9-3-2-6-18(24)20-17/h2-3,6,9,15-16H,4-5,7-8,10-14H2,1H3. The number of pyridine rings is 1. The van der Waals surface area contributed by atoms with E-state index in [4.69, 9.17) is 0 Å². The number of likely N-dealkylation sites (tertiary alicyclic amines) is 1. The molecule has 2 fully saturated rings. The van der Waals surface area contributed by atoms with E-state index in [1.165, 1.54) is 0 Å². The zero-order chi connectivity index (χ0) is 17.2. The molecule has 2 aromatic heterocycles. The van der Waals surface area contributed by atoms with Gasteiger partial charge in [-0.15, -0.1) is 0 Å². The van der Waals surface area contributed by atoms with Gasteiger partial charge in [-0.3, -0.25) is 14.6 Å². The highest BCUT2D eigenvalue weighted by atomic mass is 16.2. The average molecular weight is 341 g/mol. The first-order valence-corrected chi connectivity index (χ1v) is 9.38. The minimum atomic E-state index is 0.00967. The minimum absolute atomic E-state index is 0.00967. The maximum absolute atomic E-state index is 12.6. The molecule has 0 aromatic carbocycles. The summed E-state index contributed by atoms with van der Waals surface area (Å²) in [5.74, 6) is 0.311. The van der Waals surface area contributed by atoms with Crippen molar-refractivity contribution in [2.75, 3.05) is 39.3 Å². The molecule has 2 saturated heterocycles. The van der Waals surface area contributed by atoms with Crippen molar-refractivity contribution >= 4 is 11.6 Å². The lowest BCUT2D eigenvalue weighted by atomic mass is 10.2. The monoisotopic (exact) mass is 341 g/mol. The molecule has 0 bridgehead atoms. The van der Waals surface area contributed by atoms with Crippen LogP contribution in [0.5, 0.6) is 0 Å². The Morgan fingerprint density at radius 3 is 2.60 bits per heavy atom. The molecule has 4 heterocycles. The Balaban J connectivity index is 1.31. The minimum Gasteiger partial charge on any atom is -0.341 e. The van der Waals surface area contributed by atoms with Crippen LogP contribution in [0.1, 0.15) is 25.5 Å². The summed E-state index contributed by atoms with van der Waals surface area (Å²) in [6.45, 7) is 8.72. The number of aromatic nitrogens is 2. The van der Waals surface area contributed by atoms with Crippen molar-refractivity contribution < 1.29 is 4.79 Å². The van der Waals surface area contributed by atoms with E-state index in [1.807, 2.05) is 29.3 Å². The normalized spacial score (nSPS) is 21.1. The molecule has 0 saturated carbocycles. The van der Waals surface area contributed by atoms with E-state index < -0.39 is 0 Å². The lowest BCUT2D eigenvalue weighted by Crippen LogP contribution is -2.54. The van der Waals surface area contributed by atoms with Gasteiger partial charge in [0.15, 0.2) is 0 Å². The number of carbonyl (C=O) groups is 1. The maximum Gasteiger partial charge on any atom is 0.239 e. The Kier molecular flexibility index (Phi) is 4.72. The van der Waals surface area contributed by atoms with Gasteiger partial charge in [-0.05, 0) is 31.9 Å². The van der Waals surface area contributed by atoms with Crippen molar-refractivity contribution in [1.29, 1.82) is 0 Å². The third-order valence-corrected chi connectivity index (χ3v) is 5.53. The van der Waals surface area contributed by atoms with Gasteiger partial charge < -0.3 is 9.30 Å². The van der Waals surface area contributed by atoms with Crippen LogP contribution >= 0.6 is 0 Å². The number of hydrogen-bond donors (Lipinski definition) is 0. The van der Waals surface area contributed by atoms with Crippen LogP contribution in [-0.4, -0.2) is 75.3 Å². The number of amides is 1. The van der Waals surface area contributed by atoms with Gasteiger partial charge in [0.2, 0.25) is 5.91 Å². The number of nitrogens with zero attached hydrogens (tertiary/aromatic N) is 5. The highest BCUT2D eigenvalue weighted by molar-refractivity contribution is 5.81. The van der Waals surface area contributed by atoms with Crippen molar-refractivity contribution in [3.8, 4) is 0 Å². The van der Waals surface area contributed by atoms with Crippen LogP contribution in [0.15, 0.2) is 30.6 Å². The predicted octanol–water partition coefficient (Wildman–Crippen LogP) is 1.46. The molecule has 25 heavy (non-hydrogen) atoms. The molecule has 0 N–H and O–H groups in total. The SMILES string of the molecule is CC(C(=O)N1CCCC1)N1CCN(Cc2cn3ccccc3n2)CC1. The second-order valence-electron chi connectivity index (χ2n) is 7.22. The summed E-state index contributed by atoms with van der Waals surface area (Å²) < 4.78 is 2.07. The number of fused-ring (bicyclic) bond motifs is 1. The summed E-state index contributed by atoms with van der Waals surface area (Å²) in [6, 6.07) is 6.09. The molecule has 6 heteroatoms. The topological polar surface area (TPSA) is 44.1 Å². The molecule has 2 aliphatic rings. The zero-order valence-electron chi connectivity index (χ0n) is 15.0. The molecule has 0 radical (unpaired) electrons. The summed E-state index contributed by atoms with van der Waals surface area (Å²) in [4.78, 5) is 24.1. The van der Waals surface area contributed by atoms with E-state index >= 15 is 0 Å². The molecule has 134 valence electrons. The Bertz CT molecular complexity index is 695. The maximum atomic E-state index is 12.6. The zero-order valence-corrected chi connectivity index (χ0v) is 15.0. The largest absolute Gasteiger partial charge is 0.341 e. The fraction of sp³-hybridized carbons (Fsp3) is 0.579. The quantitative estimate of drug-likeness (QED) is 0.845. The molecule has 1 unspecified atom stereocenters. The van der Waals surface area contributed by atoms with Crippen LogP contribution in [0, 0.1) is 0 Å². The van der Waals surface area contributed by atoms with Crippen LogP contribution in [0.2, 0.25) is 0 Å². The third kappa shape index (κ3) is 3.55. The Hall–Kier alpha value is -1.92. The predicted molar refractivity (Wildman–Crippen MR) is 97.3 cm³/mol. The van der Waals surface area contributed by atoms with E-state index in [1.54, 1.807) is 0 Å². The molecule has 2 aliphatic heterocycles. The fourth-order valence-corrected chi connectivity index (χ4v) is 3.96. The van der Waals surface area contributed by atoms with Gasteiger partial charge in [0, 0.05) is 58.2 Å². The first-order chi connectivity index (χ1) is 12.2. The molecule has 2 aromatic rings. The molecule has 1 amide bonds. The second kappa shape index (κ2) is 7.14. The van der Waals surface area contributed by atoms with E-state index in [0.29, 0.717) is 5.91 Å². The molecule has 1 atom stereocenters. The Morgan fingerprint density at radius 2 is 1.88 bits per heavy atom. The molecule has 6 nitrogen and oxygen atoms in total. The first-order valence-electron chi connectivity index (χ1n) is 9.38. The number of piperazine rings is 1. The van der Waals surface area contributed by atoms with Crippen LogP contribution in [-0.2, 0) is 11.3 Å². The van der Waals surface area contributed by atoms with E-state index in [-0.39, 0.29) is 6.04 Å². The molecule has 0 aliphatic carbocycles. The lowest BCUT2D eigenvalue weighted by molar-refractivity contribution is -0.136. The number of rotatable bonds is 4. The number of imidazole rings is 1. The molecular formula is C19H27N5O. The van der Waals surface area contributed by atoms with Crippen molar-refractivity contribution in [1.82, 2.24) is 24.1 Å². The van der Waals surface area contributed by atoms with Gasteiger partial charge >= 0.3 is 0 Å². The van der Waals surface area contributed by atoms with Gasteiger partial charge in [0.1, 0.15) is 5.65 Å². The summed E-state index contributed by atoms with van der Waals surface area (Å²) in [7, 11) is 0. The third-order valence-electron chi connectivity index (χ3n) is 5.53. The van der Waals surface area contributed by atoms with E-state index in [0.717, 1.165) is 70.0 Å². The molecule has 0 spiro atoms. The van der Waals surface area contributed by atoms with Crippen LogP contribution < -0.4 is 0 Å². The van der Waals surface area contributed by atoms with Gasteiger partial charge in [-0.2, -0.15) is 0 Å². The fourth-order valence-electron chi connectivity index (χ4n) is 3.96. The van der Waals surface area contributed by atoms with Crippen molar-refractivity contribution in [3.63, 3.8) is 0 Å². The summed E-state index contributed by atoms with van der Waals surface area (Å²) in [5, 5.41) is 0. The molecular weight excluding hydrogens is 314 g/mol. The first kappa shape index (κ1) is 16.5. The van der Waals surface area contributed by atoms with E-state index in [2.05, 4.69) is 32.3 Å². The highest BCUT2D eigenvalue weighted by Crippen LogP contribution is 2.15. The number of hydrogen-bond acceptors (Lipinski definition) is 4. The van der Waals surface area contributed by atoms with Crippen molar-refractivity contribution in [3.05, 3.63) is 36.3 Å². The van der Waals surface area contributed by atoms with Crippen molar-refractivity contribution in [2.24, 2.45) is 0 Å². The number of carbonyl (C=O) groups excluding carboxylic acids is 1. The summed E-state index contributed by atoms with van der Waals surface area (Å²) in [6.07, 6.45) is 6.47. The van der Waals surface area contributed by atoms with Crippen LogP contribution in [0.25, 0.3) is 5.65 Å². The summed E-state index contributed by atoms with van der Waals surface area (Å²) in [5.41, 5.74) is 2.11. The Labute approximate surface area is 149 Å². The highest BCUT2D eigenvalue weighted by Gasteiger charge is 2.29. The molecule has 4 rings (SSSR count). The smallest absolute Gasteiger partial charge is 0.239 e. The van der Waals surface area contributed by atoms with Gasteiger partial charge in [-0.25, -0.2) is 4.98 Å². The van der Waals surface area contributed by atoms with Crippen LogP contribution in [0.4, 0.5) is 0 Å². The van der Waals surface area contributed by atoms with Gasteiger partial charge in [0.05, 0.1) is 11.7 Å². The van der Waals surface area contributed by atoms with Crippen LogP contribution in [0.3, 0.4) is 0 Å². The second-order valence-corrected chi connectivity index (χ2v) is 7.22. The van der Waals surface area contributed by atoms with Gasteiger partial charge in [0.25, 0.3) is 0 Å². The Morgan fingerprint density at radius 1 is 1.12 bits per heavy atom. The van der Waals surface area contributed by atoms with Crippen molar-refractivity contribution in [2.45, 2.75) is 32.4 Å².